The van der Waals surface area contributed by atoms with Crippen molar-refractivity contribution < 1.29 is 22.7 Å². The summed E-state index contributed by atoms with van der Waals surface area (Å²) in [4.78, 5) is 10.1. The van der Waals surface area contributed by atoms with Crippen molar-refractivity contribution in [2.45, 2.75) is 4.90 Å². The van der Waals surface area contributed by atoms with Gasteiger partial charge in [0.05, 0.1) is 11.3 Å². The summed E-state index contributed by atoms with van der Waals surface area (Å²) in [7, 11) is -4.07. The minimum Gasteiger partial charge on any atom is -0.478 e. The second-order valence-corrected chi connectivity index (χ2v) is 6.76. The van der Waals surface area contributed by atoms with E-state index in [2.05, 4.69) is 22.5 Å². The van der Waals surface area contributed by atoms with Crippen LogP contribution in [0, 0.1) is 5.82 Å². The molecule has 0 amide bonds. The first-order valence-electron chi connectivity index (χ1n) is 4.43. The van der Waals surface area contributed by atoms with Gasteiger partial charge in [-0.3, -0.25) is 0 Å². The number of sulfone groups is 1. The van der Waals surface area contributed by atoms with Crippen molar-refractivity contribution in [3.05, 3.63) is 39.6 Å². The van der Waals surface area contributed by atoms with E-state index in [0.717, 1.165) is 12.1 Å². The molecular formula is C10H7BrClFO4S. The van der Waals surface area contributed by atoms with Gasteiger partial charge >= 0.3 is 5.97 Å². The second kappa shape index (κ2) is 5.38. The highest BCUT2D eigenvalue weighted by Gasteiger charge is 2.25. The van der Waals surface area contributed by atoms with Gasteiger partial charge in [0.15, 0.2) is 15.7 Å². The minimum absolute atomic E-state index is 0.139. The van der Waals surface area contributed by atoms with E-state index >= 15 is 0 Å². The molecule has 98 valence electrons. The zero-order valence-corrected chi connectivity index (χ0v) is 11.9. The van der Waals surface area contributed by atoms with E-state index in [1.165, 1.54) is 0 Å². The maximum atomic E-state index is 13.8. The van der Waals surface area contributed by atoms with Gasteiger partial charge in [-0.05, 0) is 12.1 Å². The average molecular weight is 358 g/mol. The average Bonchev–Trinajstić information content (AvgIpc) is 2.18. The van der Waals surface area contributed by atoms with Gasteiger partial charge in [0.2, 0.25) is 0 Å². The third-order valence-corrected chi connectivity index (χ3v) is 4.36. The van der Waals surface area contributed by atoms with Crippen LogP contribution in [-0.4, -0.2) is 25.2 Å². The molecule has 0 fully saturated rings. The fourth-order valence-electron chi connectivity index (χ4n) is 1.23. The van der Waals surface area contributed by atoms with Crippen LogP contribution in [0.15, 0.2) is 33.1 Å². The predicted octanol–water partition coefficient (Wildman–Crippen LogP) is 2.81. The summed E-state index contributed by atoms with van der Waals surface area (Å²) in [5.74, 6) is -3.54. The van der Waals surface area contributed by atoms with Crippen molar-refractivity contribution in [3.8, 4) is 0 Å². The highest BCUT2D eigenvalue weighted by molar-refractivity contribution is 9.10. The fourth-order valence-corrected chi connectivity index (χ4v) is 3.53. The predicted molar refractivity (Wildman–Crippen MR) is 68.1 cm³/mol. The van der Waals surface area contributed by atoms with Crippen molar-refractivity contribution in [1.29, 1.82) is 0 Å². The van der Waals surface area contributed by atoms with Gasteiger partial charge in [-0.15, -0.1) is 0 Å². The Morgan fingerprint density at radius 1 is 1.50 bits per heavy atom. The summed E-state index contributed by atoms with van der Waals surface area (Å²) < 4.78 is 37.5. The second-order valence-electron chi connectivity index (χ2n) is 3.35. The lowest BCUT2D eigenvalue weighted by atomic mass is 10.2. The molecule has 0 radical (unpaired) electrons. The van der Waals surface area contributed by atoms with Crippen LogP contribution in [0.4, 0.5) is 4.39 Å². The zero-order valence-electron chi connectivity index (χ0n) is 8.78. The van der Waals surface area contributed by atoms with Gasteiger partial charge in [-0.1, -0.05) is 34.1 Å². The summed E-state index contributed by atoms with van der Waals surface area (Å²) in [5, 5.41) is 8.57. The summed E-state index contributed by atoms with van der Waals surface area (Å²) in [6.45, 7) is 3.21. The molecule has 0 unspecified atom stereocenters. The van der Waals surface area contributed by atoms with E-state index in [0.29, 0.717) is 0 Å². The molecule has 0 atom stereocenters. The summed E-state index contributed by atoms with van der Waals surface area (Å²) in [6.07, 6.45) is 0. The van der Waals surface area contributed by atoms with E-state index in [4.69, 9.17) is 16.7 Å². The van der Waals surface area contributed by atoms with Crippen LogP contribution in [0.3, 0.4) is 0 Å². The third kappa shape index (κ3) is 3.30. The normalized spacial score (nSPS) is 11.3. The van der Waals surface area contributed by atoms with Gasteiger partial charge in [0, 0.05) is 9.51 Å². The summed E-state index contributed by atoms with van der Waals surface area (Å²) >= 11 is 8.31. The maximum Gasteiger partial charge on any atom is 0.338 e. The molecule has 8 heteroatoms. The van der Waals surface area contributed by atoms with E-state index in [-0.39, 0.29) is 9.51 Å². The first-order valence-corrected chi connectivity index (χ1v) is 7.26. The summed E-state index contributed by atoms with van der Waals surface area (Å²) in [5.41, 5.74) is -0.733. The quantitative estimate of drug-likeness (QED) is 0.899. The Hall–Kier alpha value is -0.920. The van der Waals surface area contributed by atoms with Crippen LogP contribution in [0.25, 0.3) is 0 Å². The first-order chi connectivity index (χ1) is 8.15. The Kier molecular flexibility index (Phi) is 4.52. The van der Waals surface area contributed by atoms with E-state index in [1.54, 1.807) is 0 Å². The van der Waals surface area contributed by atoms with Crippen LogP contribution in [0.2, 0.25) is 0 Å². The zero-order chi connectivity index (χ0) is 14.1. The molecule has 0 bridgehead atoms. The molecule has 1 aromatic rings. The van der Waals surface area contributed by atoms with Crippen molar-refractivity contribution in [2.24, 2.45) is 0 Å². The lowest BCUT2D eigenvalue weighted by Gasteiger charge is -2.07. The third-order valence-electron chi connectivity index (χ3n) is 1.92. The van der Waals surface area contributed by atoms with Crippen molar-refractivity contribution >= 4 is 43.3 Å². The van der Waals surface area contributed by atoms with Crippen molar-refractivity contribution in [1.82, 2.24) is 0 Å². The number of aromatic carboxylic acids is 1. The molecule has 0 heterocycles. The molecule has 0 spiro atoms. The summed E-state index contributed by atoms with van der Waals surface area (Å²) in [6, 6.07) is 1.96. The molecule has 1 aromatic carbocycles. The van der Waals surface area contributed by atoms with Crippen molar-refractivity contribution in [3.63, 3.8) is 0 Å². The molecule has 0 saturated heterocycles. The van der Waals surface area contributed by atoms with Crippen LogP contribution in [0.5, 0.6) is 0 Å². The number of hydrogen-bond donors (Lipinski definition) is 1. The highest BCUT2D eigenvalue weighted by Crippen LogP contribution is 2.26. The van der Waals surface area contributed by atoms with Crippen LogP contribution in [-0.2, 0) is 9.84 Å². The number of benzene rings is 1. The lowest BCUT2D eigenvalue weighted by molar-refractivity contribution is 0.0691. The maximum absolute atomic E-state index is 13.8. The highest BCUT2D eigenvalue weighted by atomic mass is 79.9. The molecule has 0 aromatic heterocycles. The molecular weight excluding hydrogens is 351 g/mol. The molecule has 0 aliphatic heterocycles. The number of carboxylic acid groups (broad SMARTS) is 1. The Bertz CT molecular complexity index is 627. The van der Waals surface area contributed by atoms with E-state index < -0.39 is 37.8 Å². The Labute approximate surface area is 116 Å². The molecule has 1 rings (SSSR count). The molecule has 4 nitrogen and oxygen atoms in total. The topological polar surface area (TPSA) is 71.4 Å². The van der Waals surface area contributed by atoms with Crippen LogP contribution in [0.1, 0.15) is 10.4 Å². The molecule has 1 N–H and O–H groups in total. The smallest absolute Gasteiger partial charge is 0.338 e. The van der Waals surface area contributed by atoms with Gasteiger partial charge in [-0.2, -0.15) is 0 Å². The number of halogens is 3. The van der Waals surface area contributed by atoms with Gasteiger partial charge in [0.25, 0.3) is 0 Å². The standard InChI is InChI=1S/C10H7BrClFO4S/c1-5(12)4-18(16,17)8-3-6(11)2-7(9(8)13)10(14)15/h2-3H,1,4H2,(H,14,15). The number of carboxylic acids is 1. The van der Waals surface area contributed by atoms with Gasteiger partial charge < -0.3 is 5.11 Å². The minimum atomic E-state index is -4.07. The number of rotatable bonds is 4. The number of carbonyl (C=O) groups is 1. The SMILES string of the molecule is C=C(Cl)CS(=O)(=O)c1cc(Br)cc(C(=O)O)c1F. The van der Waals surface area contributed by atoms with Crippen LogP contribution < -0.4 is 0 Å². The fraction of sp³-hybridized carbons (Fsp3) is 0.100. The van der Waals surface area contributed by atoms with E-state index in [1.807, 2.05) is 0 Å². The Balaban J connectivity index is 3.51. The monoisotopic (exact) mass is 356 g/mol. The van der Waals surface area contributed by atoms with E-state index in [9.17, 15) is 17.6 Å². The lowest BCUT2D eigenvalue weighted by Crippen LogP contribution is -2.12. The van der Waals surface area contributed by atoms with Gasteiger partial charge in [0.1, 0.15) is 4.90 Å². The Morgan fingerprint density at radius 3 is 2.50 bits per heavy atom. The molecule has 0 aliphatic rings. The Morgan fingerprint density at radius 2 is 2.06 bits per heavy atom. The molecule has 0 aliphatic carbocycles. The largest absolute Gasteiger partial charge is 0.478 e. The molecule has 0 saturated carbocycles. The van der Waals surface area contributed by atoms with Crippen LogP contribution >= 0.6 is 27.5 Å². The molecule has 18 heavy (non-hydrogen) atoms. The number of hydrogen-bond acceptors (Lipinski definition) is 3. The van der Waals surface area contributed by atoms with Gasteiger partial charge in [-0.25, -0.2) is 17.6 Å². The first kappa shape index (κ1) is 15.1. The van der Waals surface area contributed by atoms with Crippen molar-refractivity contribution in [2.75, 3.05) is 5.75 Å².